The van der Waals surface area contributed by atoms with E-state index in [4.69, 9.17) is 5.10 Å². The molecule has 3 aliphatic rings. The lowest BCUT2D eigenvalue weighted by Crippen LogP contribution is -2.40. The van der Waals surface area contributed by atoms with Crippen LogP contribution in [0.3, 0.4) is 0 Å². The molecule has 2 atom stereocenters. The Morgan fingerprint density at radius 1 is 1.10 bits per heavy atom. The lowest BCUT2D eigenvalue weighted by atomic mass is 9.94. The Morgan fingerprint density at radius 3 is 2.86 bits per heavy atom. The summed E-state index contributed by atoms with van der Waals surface area (Å²) in [5.74, 6) is 0.874. The molecule has 0 unspecified atom stereocenters. The molecular formula is C17H28N4. The van der Waals surface area contributed by atoms with Gasteiger partial charge in [0.15, 0.2) is 0 Å². The lowest BCUT2D eigenvalue weighted by molar-refractivity contribution is 0.299. The molecule has 0 aromatic carbocycles. The molecule has 1 N–H and O–H groups in total. The number of piperidine rings is 1. The van der Waals surface area contributed by atoms with Crippen LogP contribution in [0.15, 0.2) is 12.3 Å². The molecule has 2 aliphatic heterocycles. The Kier molecular flexibility index (Phi) is 3.99. The van der Waals surface area contributed by atoms with Crippen molar-refractivity contribution < 1.29 is 0 Å². The van der Waals surface area contributed by atoms with Crippen LogP contribution in [0.2, 0.25) is 0 Å². The maximum atomic E-state index is 4.87. The molecule has 0 spiro atoms. The lowest BCUT2D eigenvalue weighted by Gasteiger charge is -2.24. The van der Waals surface area contributed by atoms with Gasteiger partial charge in [0.2, 0.25) is 0 Å². The molecule has 4 heteroatoms. The van der Waals surface area contributed by atoms with Crippen LogP contribution < -0.4 is 5.32 Å². The van der Waals surface area contributed by atoms with Gasteiger partial charge in [-0.1, -0.05) is 19.3 Å². The summed E-state index contributed by atoms with van der Waals surface area (Å²) in [6, 6.07) is 3.64. The van der Waals surface area contributed by atoms with Crippen molar-refractivity contribution in [3.63, 3.8) is 0 Å². The van der Waals surface area contributed by atoms with E-state index in [9.17, 15) is 0 Å². The number of rotatable bonds is 3. The molecule has 0 amide bonds. The van der Waals surface area contributed by atoms with Crippen LogP contribution >= 0.6 is 0 Å². The second kappa shape index (κ2) is 6.09. The fourth-order valence-electron chi connectivity index (χ4n) is 4.50. The van der Waals surface area contributed by atoms with Gasteiger partial charge in [-0.25, -0.2) is 0 Å². The molecule has 2 saturated heterocycles. The average molecular weight is 288 g/mol. The summed E-state index contributed by atoms with van der Waals surface area (Å²) in [5.41, 5.74) is 1.26. The van der Waals surface area contributed by atoms with Crippen LogP contribution in [0.5, 0.6) is 0 Å². The summed E-state index contributed by atoms with van der Waals surface area (Å²) in [6.45, 7) is 4.72. The summed E-state index contributed by atoms with van der Waals surface area (Å²) in [6.07, 6.45) is 11.8. The molecule has 4 rings (SSSR count). The molecule has 1 aromatic rings. The summed E-state index contributed by atoms with van der Waals surface area (Å²) in [5, 5.41) is 8.56. The number of fused-ring (bicyclic) bond motifs is 1. The minimum atomic E-state index is 0.662. The third kappa shape index (κ3) is 3.02. The Morgan fingerprint density at radius 2 is 2.00 bits per heavy atom. The molecule has 1 aliphatic carbocycles. The van der Waals surface area contributed by atoms with Crippen molar-refractivity contribution in [3.05, 3.63) is 18.0 Å². The van der Waals surface area contributed by atoms with E-state index in [1.165, 1.54) is 70.3 Å². The second-order valence-electron chi connectivity index (χ2n) is 7.24. The molecule has 3 fully saturated rings. The number of hydrogen-bond acceptors (Lipinski definition) is 3. The first-order chi connectivity index (χ1) is 10.4. The minimum Gasteiger partial charge on any atom is -0.312 e. The zero-order valence-electron chi connectivity index (χ0n) is 13.0. The van der Waals surface area contributed by atoms with Crippen LogP contribution in [0, 0.1) is 5.92 Å². The Labute approximate surface area is 127 Å². The van der Waals surface area contributed by atoms with Crippen LogP contribution in [0.1, 0.15) is 56.7 Å². The summed E-state index contributed by atoms with van der Waals surface area (Å²) in [4.78, 5) is 2.60. The van der Waals surface area contributed by atoms with Gasteiger partial charge in [0.25, 0.3) is 0 Å². The molecule has 4 nitrogen and oxygen atoms in total. The molecule has 116 valence electrons. The highest BCUT2D eigenvalue weighted by Crippen LogP contribution is 2.28. The highest BCUT2D eigenvalue weighted by molar-refractivity contribution is 5.02. The Bertz CT molecular complexity index is 449. The van der Waals surface area contributed by atoms with E-state index in [0.717, 1.165) is 18.5 Å². The fraction of sp³-hybridized carbons (Fsp3) is 0.824. The van der Waals surface area contributed by atoms with Gasteiger partial charge in [-0.05, 0) is 44.2 Å². The van der Waals surface area contributed by atoms with Gasteiger partial charge in [-0.3, -0.25) is 9.58 Å². The summed E-state index contributed by atoms with van der Waals surface area (Å²) in [7, 11) is 0. The Balaban J connectivity index is 1.36. The van der Waals surface area contributed by atoms with Crippen LogP contribution in [0.4, 0.5) is 0 Å². The quantitative estimate of drug-likeness (QED) is 0.928. The SMILES string of the molecule is c1cn(C2CCCCC2)nc1CN1C[C@@H]2CCCN[C@@H]2C1. The van der Waals surface area contributed by atoms with Gasteiger partial charge < -0.3 is 5.32 Å². The first-order valence-electron chi connectivity index (χ1n) is 8.88. The molecule has 0 radical (unpaired) electrons. The van der Waals surface area contributed by atoms with Gasteiger partial charge in [-0.2, -0.15) is 5.10 Å². The van der Waals surface area contributed by atoms with Crippen LogP contribution in [-0.4, -0.2) is 40.4 Å². The van der Waals surface area contributed by atoms with E-state index in [-0.39, 0.29) is 0 Å². The van der Waals surface area contributed by atoms with Gasteiger partial charge in [0, 0.05) is 31.9 Å². The topological polar surface area (TPSA) is 33.1 Å². The van der Waals surface area contributed by atoms with E-state index < -0.39 is 0 Å². The van der Waals surface area contributed by atoms with E-state index >= 15 is 0 Å². The van der Waals surface area contributed by atoms with Crippen molar-refractivity contribution in [2.24, 2.45) is 5.92 Å². The minimum absolute atomic E-state index is 0.662. The Hall–Kier alpha value is -0.870. The molecular weight excluding hydrogens is 260 g/mol. The number of likely N-dealkylation sites (tertiary alicyclic amines) is 1. The van der Waals surface area contributed by atoms with Gasteiger partial charge in [-0.15, -0.1) is 0 Å². The van der Waals surface area contributed by atoms with Crippen molar-refractivity contribution in [3.8, 4) is 0 Å². The maximum absolute atomic E-state index is 4.87. The normalized spacial score (nSPS) is 31.4. The largest absolute Gasteiger partial charge is 0.312 e. The zero-order chi connectivity index (χ0) is 14.1. The number of nitrogens with one attached hydrogen (secondary N) is 1. The number of hydrogen-bond donors (Lipinski definition) is 1. The van der Waals surface area contributed by atoms with Gasteiger partial charge in [0.1, 0.15) is 0 Å². The van der Waals surface area contributed by atoms with Crippen molar-refractivity contribution >= 4 is 0 Å². The third-order valence-corrected chi connectivity index (χ3v) is 5.67. The molecule has 3 heterocycles. The maximum Gasteiger partial charge on any atom is 0.0764 e. The standard InChI is InChI=1S/C17H28N4/c1-2-6-16(7-3-1)21-10-8-15(19-21)12-20-11-14-5-4-9-18-17(14)13-20/h8,10,14,16-18H,1-7,9,11-13H2/t14-,17+/m0/s1. The van der Waals surface area contributed by atoms with Crippen molar-refractivity contribution in [1.82, 2.24) is 20.0 Å². The van der Waals surface area contributed by atoms with Crippen molar-refractivity contribution in [1.29, 1.82) is 0 Å². The molecule has 21 heavy (non-hydrogen) atoms. The monoisotopic (exact) mass is 288 g/mol. The predicted molar refractivity (Wildman–Crippen MR) is 84.1 cm³/mol. The van der Waals surface area contributed by atoms with Gasteiger partial charge in [0.05, 0.1) is 11.7 Å². The predicted octanol–water partition coefficient (Wildman–Crippen LogP) is 2.57. The molecule has 1 aromatic heterocycles. The van der Waals surface area contributed by atoms with E-state index in [1.54, 1.807) is 0 Å². The van der Waals surface area contributed by atoms with Crippen molar-refractivity contribution in [2.45, 2.75) is 63.6 Å². The second-order valence-corrected chi connectivity index (χ2v) is 7.24. The summed E-state index contributed by atoms with van der Waals surface area (Å²) >= 11 is 0. The summed E-state index contributed by atoms with van der Waals surface area (Å²) < 4.78 is 2.25. The third-order valence-electron chi connectivity index (χ3n) is 5.67. The van der Waals surface area contributed by atoms with Gasteiger partial charge >= 0.3 is 0 Å². The van der Waals surface area contributed by atoms with E-state index in [1.807, 2.05) is 0 Å². The first kappa shape index (κ1) is 13.8. The van der Waals surface area contributed by atoms with E-state index in [0.29, 0.717) is 6.04 Å². The van der Waals surface area contributed by atoms with E-state index in [2.05, 4.69) is 27.2 Å². The highest BCUT2D eigenvalue weighted by Gasteiger charge is 2.34. The van der Waals surface area contributed by atoms with Crippen molar-refractivity contribution in [2.75, 3.05) is 19.6 Å². The number of aromatic nitrogens is 2. The van der Waals surface area contributed by atoms with Crippen LogP contribution in [0.25, 0.3) is 0 Å². The first-order valence-corrected chi connectivity index (χ1v) is 8.88. The smallest absolute Gasteiger partial charge is 0.0764 e. The molecule has 0 bridgehead atoms. The molecule has 1 saturated carbocycles. The zero-order valence-corrected chi connectivity index (χ0v) is 13.0. The van der Waals surface area contributed by atoms with Crippen LogP contribution in [-0.2, 0) is 6.54 Å². The highest BCUT2D eigenvalue weighted by atomic mass is 15.3. The number of nitrogens with zero attached hydrogens (tertiary/aromatic N) is 3. The fourth-order valence-corrected chi connectivity index (χ4v) is 4.50. The average Bonchev–Trinajstić information content (AvgIpc) is 3.14.